The van der Waals surface area contributed by atoms with Crippen molar-refractivity contribution in [3.63, 3.8) is 0 Å². The van der Waals surface area contributed by atoms with E-state index in [1.54, 1.807) is 0 Å². The van der Waals surface area contributed by atoms with Crippen LogP contribution < -0.4 is 5.32 Å². The molecule has 1 N–H and O–H groups in total. The molecule has 0 saturated carbocycles. The molecule has 0 aliphatic heterocycles. The van der Waals surface area contributed by atoms with Gasteiger partial charge in [-0.2, -0.15) is 0 Å². The third-order valence-corrected chi connectivity index (χ3v) is 3.65. The largest absolute Gasteiger partial charge is 0.381 e. The van der Waals surface area contributed by atoms with E-state index in [0.29, 0.717) is 6.61 Å². The summed E-state index contributed by atoms with van der Waals surface area (Å²) in [5.41, 5.74) is 0.960. The lowest BCUT2D eigenvalue weighted by Crippen LogP contribution is -2.23. The molecule has 0 fully saturated rings. The maximum Gasteiger partial charge on any atom is 0.0646 e. The summed E-state index contributed by atoms with van der Waals surface area (Å²) in [6.07, 6.45) is 0. The van der Waals surface area contributed by atoms with E-state index in [1.807, 2.05) is 12.1 Å². The van der Waals surface area contributed by atoms with Crippen LogP contribution >= 0.6 is 47.8 Å². The van der Waals surface area contributed by atoms with E-state index in [0.717, 1.165) is 25.7 Å². The summed E-state index contributed by atoms with van der Waals surface area (Å²) in [6, 6.07) is 4.02. The van der Waals surface area contributed by atoms with Crippen molar-refractivity contribution in [2.24, 2.45) is 0 Å². The van der Waals surface area contributed by atoms with Gasteiger partial charge in [0.05, 0.1) is 17.9 Å². The SMILES string of the molecule is CC(C)(C)OCCNc1c(Br)cc(Br)cc1Br. The van der Waals surface area contributed by atoms with Crippen molar-refractivity contribution < 1.29 is 4.74 Å². The Hall–Kier alpha value is 0.420. The van der Waals surface area contributed by atoms with Crippen molar-refractivity contribution in [2.75, 3.05) is 18.5 Å². The van der Waals surface area contributed by atoms with Crippen LogP contribution in [0.5, 0.6) is 0 Å². The van der Waals surface area contributed by atoms with Gasteiger partial charge in [-0.25, -0.2) is 0 Å². The zero-order valence-corrected chi connectivity index (χ0v) is 14.9. The van der Waals surface area contributed by atoms with Crippen LogP contribution in [0.2, 0.25) is 0 Å². The highest BCUT2D eigenvalue weighted by Crippen LogP contribution is 2.34. The fourth-order valence-electron chi connectivity index (χ4n) is 1.24. The topological polar surface area (TPSA) is 21.3 Å². The van der Waals surface area contributed by atoms with Crippen LogP contribution in [0.25, 0.3) is 0 Å². The molecule has 1 aromatic rings. The van der Waals surface area contributed by atoms with Crippen molar-refractivity contribution in [1.29, 1.82) is 0 Å². The second kappa shape index (κ2) is 6.55. The standard InChI is InChI=1S/C12H16Br3NO/c1-12(2,3)17-5-4-16-11-9(14)6-8(13)7-10(11)15/h6-7,16H,4-5H2,1-3H3. The highest BCUT2D eigenvalue weighted by atomic mass is 79.9. The Morgan fingerprint density at radius 2 is 1.65 bits per heavy atom. The first-order chi connectivity index (χ1) is 7.79. The van der Waals surface area contributed by atoms with E-state index in [2.05, 4.69) is 73.9 Å². The predicted molar refractivity (Wildman–Crippen MR) is 83.7 cm³/mol. The van der Waals surface area contributed by atoms with Crippen molar-refractivity contribution in [2.45, 2.75) is 26.4 Å². The molecule has 0 heterocycles. The molecule has 0 spiro atoms. The third-order valence-electron chi connectivity index (χ3n) is 1.95. The second-order valence-corrected chi connectivity index (χ2v) is 7.26. The molecule has 96 valence electrons. The number of anilines is 1. The Balaban J connectivity index is 2.53. The summed E-state index contributed by atoms with van der Waals surface area (Å²) in [5, 5.41) is 3.34. The van der Waals surface area contributed by atoms with Gasteiger partial charge in [0, 0.05) is 20.0 Å². The van der Waals surface area contributed by atoms with Gasteiger partial charge in [0.15, 0.2) is 0 Å². The lowest BCUT2D eigenvalue weighted by atomic mass is 10.2. The molecular formula is C12H16Br3NO. The van der Waals surface area contributed by atoms with Gasteiger partial charge in [0.2, 0.25) is 0 Å². The molecule has 1 aromatic carbocycles. The number of rotatable bonds is 4. The summed E-state index contributed by atoms with van der Waals surface area (Å²) in [4.78, 5) is 0. The third kappa shape index (κ3) is 5.73. The van der Waals surface area contributed by atoms with Crippen molar-refractivity contribution >= 4 is 53.5 Å². The average molecular weight is 430 g/mol. The van der Waals surface area contributed by atoms with E-state index in [4.69, 9.17) is 4.74 Å². The van der Waals surface area contributed by atoms with Gasteiger partial charge in [0.25, 0.3) is 0 Å². The smallest absolute Gasteiger partial charge is 0.0646 e. The van der Waals surface area contributed by atoms with Crippen molar-refractivity contribution in [1.82, 2.24) is 0 Å². The number of halogens is 3. The fourth-order valence-corrected chi connectivity index (χ4v) is 3.78. The molecular weight excluding hydrogens is 414 g/mol. The van der Waals surface area contributed by atoms with Gasteiger partial charge >= 0.3 is 0 Å². The van der Waals surface area contributed by atoms with Crippen LogP contribution in [0.4, 0.5) is 5.69 Å². The lowest BCUT2D eigenvalue weighted by Gasteiger charge is -2.20. The van der Waals surface area contributed by atoms with Gasteiger partial charge in [-0.3, -0.25) is 0 Å². The van der Waals surface area contributed by atoms with E-state index >= 15 is 0 Å². The molecule has 0 unspecified atom stereocenters. The van der Waals surface area contributed by atoms with Gasteiger partial charge in [-0.1, -0.05) is 15.9 Å². The molecule has 0 amide bonds. The number of benzene rings is 1. The summed E-state index contributed by atoms with van der Waals surface area (Å²) < 4.78 is 8.73. The molecule has 0 bridgehead atoms. The zero-order chi connectivity index (χ0) is 13.1. The van der Waals surface area contributed by atoms with Gasteiger partial charge in [0.1, 0.15) is 0 Å². The Morgan fingerprint density at radius 1 is 1.12 bits per heavy atom. The quantitative estimate of drug-likeness (QED) is 0.664. The molecule has 0 aliphatic carbocycles. The average Bonchev–Trinajstić information content (AvgIpc) is 2.13. The molecule has 0 aliphatic rings. The minimum atomic E-state index is -0.0874. The number of hydrogen-bond donors (Lipinski definition) is 1. The Labute approximate surface area is 128 Å². The zero-order valence-electron chi connectivity index (χ0n) is 10.1. The number of nitrogens with one attached hydrogen (secondary N) is 1. The fraction of sp³-hybridized carbons (Fsp3) is 0.500. The van der Waals surface area contributed by atoms with Crippen LogP contribution in [0.15, 0.2) is 25.6 Å². The summed E-state index contributed by atoms with van der Waals surface area (Å²) in [7, 11) is 0. The molecule has 0 saturated heterocycles. The summed E-state index contributed by atoms with van der Waals surface area (Å²) in [6.45, 7) is 7.62. The van der Waals surface area contributed by atoms with E-state index in [1.165, 1.54) is 0 Å². The molecule has 2 nitrogen and oxygen atoms in total. The number of ether oxygens (including phenoxy) is 1. The van der Waals surface area contributed by atoms with E-state index < -0.39 is 0 Å². The van der Waals surface area contributed by atoms with E-state index in [-0.39, 0.29) is 5.60 Å². The highest BCUT2D eigenvalue weighted by Gasteiger charge is 2.10. The van der Waals surface area contributed by atoms with Crippen molar-refractivity contribution in [3.05, 3.63) is 25.6 Å². The molecule has 0 atom stereocenters. The Morgan fingerprint density at radius 3 is 2.12 bits per heavy atom. The molecule has 17 heavy (non-hydrogen) atoms. The lowest BCUT2D eigenvalue weighted by molar-refractivity contribution is 0.00333. The molecule has 0 radical (unpaired) electrons. The van der Waals surface area contributed by atoms with Gasteiger partial charge < -0.3 is 10.1 Å². The maximum absolute atomic E-state index is 5.65. The minimum absolute atomic E-state index is 0.0874. The first kappa shape index (κ1) is 15.5. The Kier molecular flexibility index (Phi) is 5.96. The monoisotopic (exact) mass is 427 g/mol. The van der Waals surface area contributed by atoms with Crippen LogP contribution in [-0.2, 0) is 4.74 Å². The normalized spacial score (nSPS) is 11.6. The maximum atomic E-state index is 5.65. The molecule has 0 aromatic heterocycles. The van der Waals surface area contributed by atoms with Crippen LogP contribution in [-0.4, -0.2) is 18.8 Å². The predicted octanol–water partition coefficient (Wildman–Crippen LogP) is 5.20. The van der Waals surface area contributed by atoms with Crippen LogP contribution in [0.3, 0.4) is 0 Å². The van der Waals surface area contributed by atoms with Crippen LogP contribution in [0, 0.1) is 0 Å². The van der Waals surface area contributed by atoms with Crippen molar-refractivity contribution in [3.8, 4) is 0 Å². The summed E-state index contributed by atoms with van der Waals surface area (Å²) >= 11 is 10.5. The highest BCUT2D eigenvalue weighted by molar-refractivity contribution is 9.11. The van der Waals surface area contributed by atoms with Gasteiger partial charge in [-0.05, 0) is 64.8 Å². The first-order valence-corrected chi connectivity index (χ1v) is 7.70. The minimum Gasteiger partial charge on any atom is -0.381 e. The second-order valence-electron chi connectivity index (χ2n) is 4.63. The molecule has 1 rings (SSSR count). The first-order valence-electron chi connectivity index (χ1n) is 5.32. The summed E-state index contributed by atoms with van der Waals surface area (Å²) in [5.74, 6) is 0. The van der Waals surface area contributed by atoms with Gasteiger partial charge in [-0.15, -0.1) is 0 Å². The Bertz CT molecular complexity index is 365. The van der Waals surface area contributed by atoms with Crippen LogP contribution in [0.1, 0.15) is 20.8 Å². The van der Waals surface area contributed by atoms with E-state index in [9.17, 15) is 0 Å². The molecule has 5 heteroatoms. The number of hydrogen-bond acceptors (Lipinski definition) is 2.